The highest BCUT2D eigenvalue weighted by Gasteiger charge is 2.08. The van der Waals surface area contributed by atoms with Crippen LogP contribution in [-0.4, -0.2) is 33.4 Å². The van der Waals surface area contributed by atoms with Gasteiger partial charge in [-0.05, 0) is 43.5 Å². The van der Waals surface area contributed by atoms with E-state index in [1.807, 2.05) is 12.1 Å². The molecular formula is C15H25NO2. The lowest BCUT2D eigenvalue weighted by molar-refractivity contribution is 0.188. The zero-order chi connectivity index (χ0) is 13.2. The van der Waals surface area contributed by atoms with E-state index in [4.69, 9.17) is 9.47 Å². The van der Waals surface area contributed by atoms with Crippen molar-refractivity contribution >= 4 is 0 Å². The van der Waals surface area contributed by atoms with Crippen LogP contribution >= 0.6 is 0 Å². The van der Waals surface area contributed by atoms with Crippen molar-refractivity contribution in [2.45, 2.75) is 32.2 Å². The molecule has 102 valence electrons. The number of benzene rings is 1. The number of methoxy groups -OCH3 is 2. The quantitative estimate of drug-likeness (QED) is 0.684. The average molecular weight is 251 g/mol. The van der Waals surface area contributed by atoms with Crippen molar-refractivity contribution in [3.63, 3.8) is 0 Å². The summed E-state index contributed by atoms with van der Waals surface area (Å²) < 4.78 is 10.4. The Bertz CT molecular complexity index is 328. The van der Waals surface area contributed by atoms with Gasteiger partial charge in [0.25, 0.3) is 0 Å². The molecule has 0 aromatic heterocycles. The van der Waals surface area contributed by atoms with Gasteiger partial charge in [0.05, 0.1) is 7.11 Å². The van der Waals surface area contributed by atoms with Crippen LogP contribution in [-0.2, 0) is 11.2 Å². The van der Waals surface area contributed by atoms with Crippen LogP contribution < -0.4 is 10.1 Å². The predicted octanol–water partition coefficient (Wildman–Crippen LogP) is 2.64. The molecule has 1 rings (SSSR count). The second-order valence-electron chi connectivity index (χ2n) is 4.45. The van der Waals surface area contributed by atoms with Gasteiger partial charge in [-0.3, -0.25) is 0 Å². The van der Waals surface area contributed by atoms with Crippen LogP contribution in [0.25, 0.3) is 0 Å². The molecule has 0 spiro atoms. The van der Waals surface area contributed by atoms with Crippen molar-refractivity contribution < 1.29 is 9.47 Å². The molecule has 0 fully saturated rings. The summed E-state index contributed by atoms with van der Waals surface area (Å²) >= 11 is 0. The van der Waals surface area contributed by atoms with Crippen molar-refractivity contribution in [3.05, 3.63) is 29.8 Å². The van der Waals surface area contributed by atoms with E-state index in [1.54, 1.807) is 14.2 Å². The second-order valence-corrected chi connectivity index (χ2v) is 4.45. The highest BCUT2D eigenvalue weighted by molar-refractivity contribution is 5.28. The Morgan fingerprint density at radius 3 is 2.78 bits per heavy atom. The Kier molecular flexibility index (Phi) is 7.46. The summed E-state index contributed by atoms with van der Waals surface area (Å²) in [5, 5.41) is 3.53. The second kappa shape index (κ2) is 8.95. The molecule has 0 radical (unpaired) electrons. The molecule has 0 aliphatic carbocycles. The fourth-order valence-corrected chi connectivity index (χ4v) is 2.12. The van der Waals surface area contributed by atoms with Crippen LogP contribution in [0.1, 0.15) is 25.3 Å². The summed E-state index contributed by atoms with van der Waals surface area (Å²) in [5.74, 6) is 0.930. The van der Waals surface area contributed by atoms with Gasteiger partial charge in [0, 0.05) is 19.8 Å². The van der Waals surface area contributed by atoms with Crippen LogP contribution in [0.5, 0.6) is 5.75 Å². The number of ether oxygens (including phenoxy) is 2. The van der Waals surface area contributed by atoms with Crippen LogP contribution in [0.2, 0.25) is 0 Å². The lowest BCUT2D eigenvalue weighted by Gasteiger charge is -2.18. The zero-order valence-electron chi connectivity index (χ0n) is 11.7. The minimum atomic E-state index is 0.511. The molecule has 1 N–H and O–H groups in total. The SMILES string of the molecule is CCNC(CCCOC)Cc1cccc(OC)c1. The van der Waals surface area contributed by atoms with Gasteiger partial charge in [-0.15, -0.1) is 0 Å². The number of hydrogen-bond acceptors (Lipinski definition) is 3. The average Bonchev–Trinajstić information content (AvgIpc) is 2.39. The molecule has 1 aromatic carbocycles. The lowest BCUT2D eigenvalue weighted by Crippen LogP contribution is -2.31. The monoisotopic (exact) mass is 251 g/mol. The summed E-state index contributed by atoms with van der Waals surface area (Å²) in [6.07, 6.45) is 3.27. The van der Waals surface area contributed by atoms with E-state index < -0.39 is 0 Å². The molecule has 0 amide bonds. The molecule has 1 aromatic rings. The Hall–Kier alpha value is -1.06. The summed E-state index contributed by atoms with van der Waals surface area (Å²) in [7, 11) is 3.46. The van der Waals surface area contributed by atoms with E-state index in [0.29, 0.717) is 6.04 Å². The summed E-state index contributed by atoms with van der Waals surface area (Å²) in [6, 6.07) is 8.81. The van der Waals surface area contributed by atoms with Crippen molar-refractivity contribution in [2.24, 2.45) is 0 Å². The Labute approximate surface area is 110 Å². The van der Waals surface area contributed by atoms with Gasteiger partial charge in [-0.2, -0.15) is 0 Å². The number of likely N-dealkylation sites (N-methyl/N-ethyl adjacent to an activating group) is 1. The zero-order valence-corrected chi connectivity index (χ0v) is 11.7. The normalized spacial score (nSPS) is 12.4. The van der Waals surface area contributed by atoms with E-state index >= 15 is 0 Å². The number of rotatable bonds is 9. The molecule has 0 aliphatic rings. The molecule has 0 saturated heterocycles. The molecule has 3 nitrogen and oxygen atoms in total. The molecule has 18 heavy (non-hydrogen) atoms. The van der Waals surface area contributed by atoms with Crippen LogP contribution in [0.3, 0.4) is 0 Å². The van der Waals surface area contributed by atoms with Crippen LogP contribution in [0.4, 0.5) is 0 Å². The first-order valence-corrected chi connectivity index (χ1v) is 6.65. The highest BCUT2D eigenvalue weighted by atomic mass is 16.5. The highest BCUT2D eigenvalue weighted by Crippen LogP contribution is 2.15. The van der Waals surface area contributed by atoms with Crippen molar-refractivity contribution in [1.82, 2.24) is 5.32 Å². The molecule has 0 saturated carbocycles. The molecule has 1 atom stereocenters. The summed E-state index contributed by atoms with van der Waals surface area (Å²) in [4.78, 5) is 0. The lowest BCUT2D eigenvalue weighted by atomic mass is 10.0. The first kappa shape index (κ1) is 15.0. The number of nitrogens with one attached hydrogen (secondary N) is 1. The van der Waals surface area contributed by atoms with Crippen molar-refractivity contribution in [2.75, 3.05) is 27.4 Å². The van der Waals surface area contributed by atoms with Gasteiger partial charge in [0.1, 0.15) is 5.75 Å². The predicted molar refractivity (Wildman–Crippen MR) is 75.3 cm³/mol. The van der Waals surface area contributed by atoms with Gasteiger partial charge < -0.3 is 14.8 Å². The summed E-state index contributed by atoms with van der Waals surface area (Å²) in [5.41, 5.74) is 1.32. The minimum absolute atomic E-state index is 0.511. The van der Waals surface area contributed by atoms with E-state index in [2.05, 4.69) is 24.4 Å². The number of hydrogen-bond donors (Lipinski definition) is 1. The standard InChI is InChI=1S/C15H25NO2/c1-4-16-14(8-6-10-17-2)11-13-7-5-9-15(12-13)18-3/h5,7,9,12,14,16H,4,6,8,10-11H2,1-3H3. The maximum atomic E-state index is 5.25. The van der Waals surface area contributed by atoms with Crippen LogP contribution in [0.15, 0.2) is 24.3 Å². The van der Waals surface area contributed by atoms with E-state index in [1.165, 1.54) is 5.56 Å². The van der Waals surface area contributed by atoms with E-state index in [-0.39, 0.29) is 0 Å². The molecule has 3 heteroatoms. The van der Waals surface area contributed by atoms with Gasteiger partial charge in [-0.25, -0.2) is 0 Å². The Balaban J connectivity index is 2.52. The van der Waals surface area contributed by atoms with E-state index in [0.717, 1.165) is 38.2 Å². The smallest absolute Gasteiger partial charge is 0.119 e. The Morgan fingerprint density at radius 2 is 2.11 bits per heavy atom. The summed E-state index contributed by atoms with van der Waals surface area (Å²) in [6.45, 7) is 3.98. The Morgan fingerprint density at radius 1 is 1.28 bits per heavy atom. The fourth-order valence-electron chi connectivity index (χ4n) is 2.12. The first-order valence-electron chi connectivity index (χ1n) is 6.65. The van der Waals surface area contributed by atoms with Gasteiger partial charge in [-0.1, -0.05) is 19.1 Å². The maximum absolute atomic E-state index is 5.25. The van der Waals surface area contributed by atoms with Crippen molar-refractivity contribution in [3.8, 4) is 5.75 Å². The fraction of sp³-hybridized carbons (Fsp3) is 0.600. The van der Waals surface area contributed by atoms with Crippen molar-refractivity contribution in [1.29, 1.82) is 0 Å². The van der Waals surface area contributed by atoms with Gasteiger partial charge in [0.15, 0.2) is 0 Å². The molecule has 0 aliphatic heterocycles. The van der Waals surface area contributed by atoms with Gasteiger partial charge >= 0.3 is 0 Å². The molecule has 0 bridgehead atoms. The maximum Gasteiger partial charge on any atom is 0.119 e. The minimum Gasteiger partial charge on any atom is -0.497 e. The van der Waals surface area contributed by atoms with E-state index in [9.17, 15) is 0 Å². The van der Waals surface area contributed by atoms with Gasteiger partial charge in [0.2, 0.25) is 0 Å². The third-order valence-electron chi connectivity index (χ3n) is 3.01. The topological polar surface area (TPSA) is 30.5 Å². The third-order valence-corrected chi connectivity index (χ3v) is 3.01. The molecule has 0 heterocycles. The third kappa shape index (κ3) is 5.52. The largest absolute Gasteiger partial charge is 0.497 e. The first-order chi connectivity index (χ1) is 8.80. The van der Waals surface area contributed by atoms with Crippen LogP contribution in [0, 0.1) is 0 Å². The molecule has 1 unspecified atom stereocenters. The molecular weight excluding hydrogens is 226 g/mol.